The Morgan fingerprint density at radius 1 is 1.33 bits per heavy atom. The van der Waals surface area contributed by atoms with Gasteiger partial charge in [0.15, 0.2) is 0 Å². The van der Waals surface area contributed by atoms with Crippen LogP contribution in [0.4, 0.5) is 17.6 Å². The number of hydrogen-bond acceptors (Lipinski definition) is 1. The van der Waals surface area contributed by atoms with Crippen molar-refractivity contribution in [2.24, 2.45) is 5.92 Å². The molecule has 7 heteroatoms. The van der Waals surface area contributed by atoms with Gasteiger partial charge in [-0.1, -0.05) is 13.8 Å². The molecule has 0 aliphatic carbocycles. The average Bonchev–Trinajstić information content (AvgIpc) is 2.36. The van der Waals surface area contributed by atoms with Gasteiger partial charge < -0.3 is 5.32 Å². The highest BCUT2D eigenvalue weighted by molar-refractivity contribution is 6.18. The predicted octanol–water partition coefficient (Wildman–Crippen LogP) is 4.23. The minimum atomic E-state index is -4.84. The van der Waals surface area contributed by atoms with E-state index < -0.39 is 23.5 Å². The standard InChI is InChI=1S/C14H16ClF4NO/c1-8(2)5-10(7-15)20-13(21)9-3-4-12(16)11(6-9)14(17,18)19/h3-4,6,8,10H,5,7H2,1-2H3,(H,20,21). The summed E-state index contributed by atoms with van der Waals surface area (Å²) in [5.41, 5.74) is -1.70. The molecule has 0 bridgehead atoms. The molecule has 0 spiro atoms. The summed E-state index contributed by atoms with van der Waals surface area (Å²) in [6, 6.07) is 1.81. The second-order valence-corrected chi connectivity index (χ2v) is 5.46. The molecular weight excluding hydrogens is 310 g/mol. The van der Waals surface area contributed by atoms with Crippen molar-refractivity contribution in [1.82, 2.24) is 5.32 Å². The summed E-state index contributed by atoms with van der Waals surface area (Å²) in [4.78, 5) is 11.9. The lowest BCUT2D eigenvalue weighted by atomic mass is 10.0. The lowest BCUT2D eigenvalue weighted by Gasteiger charge is -2.18. The van der Waals surface area contributed by atoms with Crippen LogP contribution in [0.3, 0.4) is 0 Å². The Morgan fingerprint density at radius 2 is 1.95 bits per heavy atom. The van der Waals surface area contributed by atoms with Crippen molar-refractivity contribution >= 4 is 17.5 Å². The quantitative estimate of drug-likeness (QED) is 0.637. The molecule has 2 nitrogen and oxygen atoms in total. The summed E-state index contributed by atoms with van der Waals surface area (Å²) >= 11 is 5.72. The predicted molar refractivity (Wildman–Crippen MR) is 72.8 cm³/mol. The first-order chi connectivity index (χ1) is 9.65. The van der Waals surface area contributed by atoms with Gasteiger partial charge in [0, 0.05) is 17.5 Å². The van der Waals surface area contributed by atoms with E-state index in [1.54, 1.807) is 0 Å². The first-order valence-electron chi connectivity index (χ1n) is 6.38. The van der Waals surface area contributed by atoms with Gasteiger partial charge >= 0.3 is 6.18 Å². The van der Waals surface area contributed by atoms with E-state index in [9.17, 15) is 22.4 Å². The van der Waals surface area contributed by atoms with Crippen LogP contribution in [0.15, 0.2) is 18.2 Å². The highest BCUT2D eigenvalue weighted by Crippen LogP contribution is 2.31. The Balaban J connectivity index is 2.93. The SMILES string of the molecule is CC(C)CC(CCl)NC(=O)c1ccc(F)c(C(F)(F)F)c1. The summed E-state index contributed by atoms with van der Waals surface area (Å²) in [6.07, 6.45) is -4.24. The second kappa shape index (κ2) is 7.11. The van der Waals surface area contributed by atoms with Gasteiger partial charge in [-0.2, -0.15) is 13.2 Å². The van der Waals surface area contributed by atoms with E-state index in [0.29, 0.717) is 18.6 Å². The molecule has 0 aliphatic rings. The van der Waals surface area contributed by atoms with Gasteiger partial charge in [0.25, 0.3) is 5.91 Å². The van der Waals surface area contributed by atoms with Crippen molar-refractivity contribution in [1.29, 1.82) is 0 Å². The molecule has 1 rings (SSSR count). The first-order valence-corrected chi connectivity index (χ1v) is 6.92. The summed E-state index contributed by atoms with van der Waals surface area (Å²) in [5.74, 6) is -1.69. The molecule has 1 unspecified atom stereocenters. The molecule has 1 amide bonds. The van der Waals surface area contributed by atoms with Crippen LogP contribution in [0.25, 0.3) is 0 Å². The van der Waals surface area contributed by atoms with Crippen LogP contribution in [-0.2, 0) is 6.18 Å². The third kappa shape index (κ3) is 5.19. The first kappa shape index (κ1) is 17.8. The molecule has 0 saturated heterocycles. The number of carbonyl (C=O) groups excluding carboxylic acids is 1. The van der Waals surface area contributed by atoms with Crippen molar-refractivity contribution in [2.45, 2.75) is 32.5 Å². The molecule has 0 aromatic heterocycles. The van der Waals surface area contributed by atoms with Crippen LogP contribution < -0.4 is 5.32 Å². The highest BCUT2D eigenvalue weighted by Gasteiger charge is 2.34. The van der Waals surface area contributed by atoms with Gasteiger partial charge in [0.05, 0.1) is 5.56 Å². The van der Waals surface area contributed by atoms with E-state index in [1.807, 2.05) is 13.8 Å². The molecule has 1 N–H and O–H groups in total. The fraction of sp³-hybridized carbons (Fsp3) is 0.500. The zero-order valence-corrected chi connectivity index (χ0v) is 12.4. The summed E-state index contributed by atoms with van der Waals surface area (Å²) in [6.45, 7) is 3.87. The van der Waals surface area contributed by atoms with Gasteiger partial charge in [-0.15, -0.1) is 11.6 Å². The van der Waals surface area contributed by atoms with Crippen LogP contribution in [-0.4, -0.2) is 17.8 Å². The zero-order chi connectivity index (χ0) is 16.2. The van der Waals surface area contributed by atoms with Crippen LogP contribution >= 0.6 is 11.6 Å². The third-order valence-corrected chi connectivity index (χ3v) is 3.18. The van der Waals surface area contributed by atoms with E-state index >= 15 is 0 Å². The Hall–Kier alpha value is -1.30. The molecule has 1 aromatic carbocycles. The summed E-state index contributed by atoms with van der Waals surface area (Å²) in [7, 11) is 0. The molecule has 1 aromatic rings. The largest absolute Gasteiger partial charge is 0.419 e. The lowest BCUT2D eigenvalue weighted by molar-refractivity contribution is -0.140. The van der Waals surface area contributed by atoms with Gasteiger partial charge in [0.2, 0.25) is 0 Å². The fourth-order valence-electron chi connectivity index (χ4n) is 1.88. The Labute approximate surface area is 125 Å². The van der Waals surface area contributed by atoms with E-state index in [-0.39, 0.29) is 23.4 Å². The number of amides is 1. The number of nitrogens with one attached hydrogen (secondary N) is 1. The minimum Gasteiger partial charge on any atom is -0.348 e. The average molecular weight is 326 g/mol. The van der Waals surface area contributed by atoms with E-state index in [2.05, 4.69) is 5.32 Å². The number of rotatable bonds is 5. The highest BCUT2D eigenvalue weighted by atomic mass is 35.5. The minimum absolute atomic E-state index is 0.150. The van der Waals surface area contributed by atoms with Crippen molar-refractivity contribution in [3.8, 4) is 0 Å². The molecule has 1 atom stereocenters. The maximum Gasteiger partial charge on any atom is 0.419 e. The van der Waals surface area contributed by atoms with Crippen LogP contribution in [0.2, 0.25) is 0 Å². The molecule has 21 heavy (non-hydrogen) atoms. The number of hydrogen-bond donors (Lipinski definition) is 1. The van der Waals surface area contributed by atoms with Crippen molar-refractivity contribution in [3.05, 3.63) is 35.1 Å². The van der Waals surface area contributed by atoms with Crippen LogP contribution in [0.1, 0.15) is 36.2 Å². The van der Waals surface area contributed by atoms with E-state index in [1.165, 1.54) is 0 Å². The smallest absolute Gasteiger partial charge is 0.348 e. The third-order valence-electron chi connectivity index (χ3n) is 2.81. The molecule has 0 aliphatic heterocycles. The summed E-state index contributed by atoms with van der Waals surface area (Å²) in [5, 5.41) is 2.55. The Kier molecular flexibility index (Phi) is 6.01. The van der Waals surface area contributed by atoms with Crippen molar-refractivity contribution in [2.75, 3.05) is 5.88 Å². The van der Waals surface area contributed by atoms with Gasteiger partial charge in [-0.3, -0.25) is 4.79 Å². The number of benzene rings is 1. The van der Waals surface area contributed by atoms with E-state index in [4.69, 9.17) is 11.6 Å². The summed E-state index contributed by atoms with van der Waals surface area (Å²) < 4.78 is 51.0. The maximum atomic E-state index is 13.2. The lowest BCUT2D eigenvalue weighted by Crippen LogP contribution is -2.37. The van der Waals surface area contributed by atoms with Gasteiger partial charge in [0.1, 0.15) is 5.82 Å². The Morgan fingerprint density at radius 3 is 2.43 bits per heavy atom. The van der Waals surface area contributed by atoms with Crippen molar-refractivity contribution in [3.63, 3.8) is 0 Å². The number of carbonyl (C=O) groups is 1. The van der Waals surface area contributed by atoms with Crippen molar-refractivity contribution < 1.29 is 22.4 Å². The molecule has 0 heterocycles. The zero-order valence-electron chi connectivity index (χ0n) is 11.6. The van der Waals surface area contributed by atoms with E-state index in [0.717, 1.165) is 6.07 Å². The van der Waals surface area contributed by atoms with Gasteiger partial charge in [-0.25, -0.2) is 4.39 Å². The van der Waals surface area contributed by atoms with Crippen LogP contribution in [0.5, 0.6) is 0 Å². The molecule has 0 saturated carbocycles. The topological polar surface area (TPSA) is 29.1 Å². The fourth-order valence-corrected chi connectivity index (χ4v) is 2.09. The number of halogens is 5. The maximum absolute atomic E-state index is 13.2. The van der Waals surface area contributed by atoms with Gasteiger partial charge in [-0.05, 0) is 30.5 Å². The molecule has 0 radical (unpaired) electrons. The van der Waals surface area contributed by atoms with Crippen LogP contribution in [0, 0.1) is 11.7 Å². The second-order valence-electron chi connectivity index (χ2n) is 5.15. The molecule has 118 valence electrons. The monoisotopic (exact) mass is 325 g/mol. The Bertz CT molecular complexity index is 502. The molecule has 0 fully saturated rings. The normalized spacial score (nSPS) is 13.3. The number of alkyl halides is 4. The molecular formula is C14H16ClF4NO.